The fourth-order valence-corrected chi connectivity index (χ4v) is 3.74. The van der Waals surface area contributed by atoms with Gasteiger partial charge < -0.3 is 40.8 Å². The van der Waals surface area contributed by atoms with Crippen LogP contribution < -0.4 is 11.5 Å². The first-order chi connectivity index (χ1) is 15.6. The maximum atomic E-state index is 12.6. The van der Waals surface area contributed by atoms with E-state index < -0.39 is 51.0 Å². The third-order valence-corrected chi connectivity index (χ3v) is 5.41. The van der Waals surface area contributed by atoms with Gasteiger partial charge in [0.25, 0.3) is 0 Å². The van der Waals surface area contributed by atoms with E-state index in [1.807, 2.05) is 0 Å². The van der Waals surface area contributed by atoms with Crippen molar-refractivity contribution in [3.8, 4) is 0 Å². The quantitative estimate of drug-likeness (QED) is 0.149. The summed E-state index contributed by atoms with van der Waals surface area (Å²) in [6.45, 7) is -0.685. The number of anilines is 1. The Kier molecular flexibility index (Phi) is 6.40. The van der Waals surface area contributed by atoms with Gasteiger partial charge >= 0.3 is 13.8 Å². The van der Waals surface area contributed by atoms with Gasteiger partial charge in [0.2, 0.25) is 0 Å². The van der Waals surface area contributed by atoms with Crippen LogP contribution in [0.4, 0.5) is 5.82 Å². The van der Waals surface area contributed by atoms with E-state index >= 15 is 0 Å². The molecule has 0 aromatic carbocycles. The summed E-state index contributed by atoms with van der Waals surface area (Å²) >= 11 is 0. The van der Waals surface area contributed by atoms with E-state index in [0.717, 1.165) is 0 Å². The van der Waals surface area contributed by atoms with Crippen molar-refractivity contribution in [1.29, 1.82) is 0 Å². The van der Waals surface area contributed by atoms with Crippen LogP contribution in [0.1, 0.15) is 11.9 Å². The Bertz CT molecular complexity index is 1170. The number of fused-ring (bicyclic) bond motifs is 1. The number of H-pyrrole nitrogens is 1. The number of nitrogens with zero attached hydrogens (tertiary/aromatic N) is 5. The van der Waals surface area contributed by atoms with Crippen LogP contribution >= 0.6 is 7.82 Å². The highest BCUT2D eigenvalue weighted by Crippen LogP contribution is 2.39. The molecule has 4 rings (SSSR count). The van der Waals surface area contributed by atoms with E-state index in [-0.39, 0.29) is 23.4 Å². The number of carbonyl (C=O) groups is 1. The number of aliphatic hydroxyl groups excluding tert-OH is 1. The molecule has 0 aliphatic carbocycles. The number of aromatic nitrogens is 6. The lowest BCUT2D eigenvalue weighted by molar-refractivity contribution is -0.158. The minimum Gasteiger partial charge on any atom is -0.455 e. The van der Waals surface area contributed by atoms with Crippen molar-refractivity contribution < 1.29 is 38.3 Å². The molecule has 0 saturated carbocycles. The second-order valence-corrected chi connectivity index (χ2v) is 8.45. The van der Waals surface area contributed by atoms with Gasteiger partial charge in [-0.25, -0.2) is 24.5 Å². The first-order valence-corrected chi connectivity index (χ1v) is 11.1. The van der Waals surface area contributed by atoms with Crippen LogP contribution in [-0.4, -0.2) is 81.3 Å². The standard InChI is InChI=1S/C16H21N8O8P/c17-8(1-7-2-19-4-20-7)16(26)32-12-9(3-30-33(27,28)29)31-15(11(12)25)24-6-23-10-13(18)21-5-22-14(10)24/h2,4-6,8-9,11-12,15,25H,1,3,17H2,(H,19,20)(H2,18,21,22)(H2,27,28,29)/t8-,9+,11+,12+,15+/m0/s1. The average molecular weight is 484 g/mol. The molecule has 0 radical (unpaired) electrons. The fourth-order valence-electron chi connectivity index (χ4n) is 3.39. The van der Waals surface area contributed by atoms with Crippen LogP contribution in [0.5, 0.6) is 0 Å². The Morgan fingerprint density at radius 2 is 2.15 bits per heavy atom. The Balaban J connectivity index is 1.56. The molecule has 17 heteroatoms. The molecule has 1 fully saturated rings. The highest BCUT2D eigenvalue weighted by molar-refractivity contribution is 7.46. The lowest BCUT2D eigenvalue weighted by Crippen LogP contribution is -2.43. The van der Waals surface area contributed by atoms with Crippen LogP contribution in [-0.2, 0) is 29.8 Å². The van der Waals surface area contributed by atoms with Gasteiger partial charge in [0.15, 0.2) is 23.8 Å². The zero-order chi connectivity index (χ0) is 23.8. The molecule has 1 aliphatic rings. The summed E-state index contributed by atoms with van der Waals surface area (Å²) in [6.07, 6.45) is 0.159. The normalized spacial score (nSPS) is 24.2. The molecule has 0 spiro atoms. The van der Waals surface area contributed by atoms with E-state index in [9.17, 15) is 14.5 Å². The number of aromatic amines is 1. The molecule has 4 heterocycles. The molecule has 0 amide bonds. The summed E-state index contributed by atoms with van der Waals surface area (Å²) in [6, 6.07) is -1.11. The molecular formula is C16H21N8O8P. The fraction of sp³-hybridized carbons (Fsp3) is 0.438. The van der Waals surface area contributed by atoms with E-state index in [0.29, 0.717) is 5.69 Å². The number of nitrogens with one attached hydrogen (secondary N) is 1. The smallest absolute Gasteiger partial charge is 0.455 e. The minimum absolute atomic E-state index is 0.0813. The molecule has 33 heavy (non-hydrogen) atoms. The van der Waals surface area contributed by atoms with Crippen molar-refractivity contribution >= 4 is 30.8 Å². The molecule has 3 aromatic rings. The number of nitrogen functional groups attached to an aromatic ring is 1. The van der Waals surface area contributed by atoms with Gasteiger partial charge in [-0.05, 0) is 0 Å². The lowest BCUT2D eigenvalue weighted by Gasteiger charge is -2.22. The predicted octanol–water partition coefficient (Wildman–Crippen LogP) is -2.02. The number of hydrogen-bond donors (Lipinski definition) is 6. The number of rotatable bonds is 8. The van der Waals surface area contributed by atoms with Crippen molar-refractivity contribution in [2.45, 2.75) is 37.0 Å². The third-order valence-electron chi connectivity index (χ3n) is 4.93. The molecule has 178 valence electrons. The molecule has 1 aliphatic heterocycles. The summed E-state index contributed by atoms with van der Waals surface area (Å²) in [5.74, 6) is -0.776. The van der Waals surface area contributed by atoms with Gasteiger partial charge in [-0.15, -0.1) is 0 Å². The third kappa shape index (κ3) is 5.01. The van der Waals surface area contributed by atoms with Crippen molar-refractivity contribution in [2.75, 3.05) is 12.3 Å². The topological polar surface area (TPSA) is 247 Å². The molecule has 8 N–H and O–H groups in total. The number of hydrogen-bond acceptors (Lipinski definition) is 12. The highest BCUT2D eigenvalue weighted by atomic mass is 31.2. The SMILES string of the molecule is Nc1ncnc2c1ncn2[C@@H]1O[C@H](COP(=O)(O)O)[C@@H](OC(=O)[C@@H](N)Cc2cnc[nH]2)[C@H]1O. The van der Waals surface area contributed by atoms with Crippen molar-refractivity contribution in [2.24, 2.45) is 5.73 Å². The average Bonchev–Trinajstić information content (AvgIpc) is 3.47. The van der Waals surface area contributed by atoms with Crippen molar-refractivity contribution in [3.63, 3.8) is 0 Å². The van der Waals surface area contributed by atoms with E-state index in [1.165, 1.54) is 29.7 Å². The van der Waals surface area contributed by atoms with Crippen LogP contribution in [0.25, 0.3) is 11.2 Å². The van der Waals surface area contributed by atoms with Crippen molar-refractivity contribution in [3.05, 3.63) is 30.9 Å². The monoisotopic (exact) mass is 484 g/mol. The van der Waals surface area contributed by atoms with Gasteiger partial charge in [-0.3, -0.25) is 13.9 Å². The van der Waals surface area contributed by atoms with Crippen LogP contribution in [0, 0.1) is 0 Å². The summed E-state index contributed by atoms with van der Waals surface area (Å²) in [4.78, 5) is 49.3. The van der Waals surface area contributed by atoms with Crippen molar-refractivity contribution in [1.82, 2.24) is 29.5 Å². The maximum absolute atomic E-state index is 12.6. The summed E-state index contributed by atoms with van der Waals surface area (Å²) in [5, 5.41) is 10.9. The van der Waals surface area contributed by atoms with E-state index in [4.69, 9.17) is 30.7 Å². The van der Waals surface area contributed by atoms with Crippen LogP contribution in [0.2, 0.25) is 0 Å². The predicted molar refractivity (Wildman–Crippen MR) is 108 cm³/mol. The number of phosphoric ester groups is 1. The van der Waals surface area contributed by atoms with Gasteiger partial charge in [0.05, 0.1) is 19.3 Å². The van der Waals surface area contributed by atoms with E-state index in [2.05, 4.69) is 29.4 Å². The lowest BCUT2D eigenvalue weighted by atomic mass is 10.1. The number of ether oxygens (including phenoxy) is 2. The van der Waals surface area contributed by atoms with Crippen LogP contribution in [0.3, 0.4) is 0 Å². The second kappa shape index (κ2) is 9.11. The van der Waals surface area contributed by atoms with Gasteiger partial charge in [-0.2, -0.15) is 0 Å². The molecule has 3 aromatic heterocycles. The summed E-state index contributed by atoms with van der Waals surface area (Å²) in [7, 11) is -4.88. The summed E-state index contributed by atoms with van der Waals surface area (Å²) in [5.41, 5.74) is 12.7. The number of carbonyl (C=O) groups excluding carboxylic acids is 1. The van der Waals surface area contributed by atoms with Gasteiger partial charge in [0, 0.05) is 18.3 Å². The van der Waals surface area contributed by atoms with Gasteiger partial charge in [0.1, 0.15) is 30.1 Å². The second-order valence-electron chi connectivity index (χ2n) is 7.21. The minimum atomic E-state index is -4.88. The molecule has 0 unspecified atom stereocenters. The molecular weight excluding hydrogens is 463 g/mol. The maximum Gasteiger partial charge on any atom is 0.469 e. The largest absolute Gasteiger partial charge is 0.469 e. The Morgan fingerprint density at radius 3 is 2.85 bits per heavy atom. The van der Waals surface area contributed by atoms with Gasteiger partial charge in [-0.1, -0.05) is 0 Å². The Morgan fingerprint density at radius 1 is 1.36 bits per heavy atom. The number of imidazole rings is 2. The number of esters is 1. The zero-order valence-corrected chi connectivity index (χ0v) is 17.7. The molecule has 0 bridgehead atoms. The first-order valence-electron chi connectivity index (χ1n) is 9.54. The number of nitrogens with two attached hydrogens (primary N) is 2. The highest BCUT2D eigenvalue weighted by Gasteiger charge is 2.49. The number of aliphatic hydroxyl groups is 1. The molecule has 1 saturated heterocycles. The van der Waals surface area contributed by atoms with Crippen LogP contribution in [0.15, 0.2) is 25.2 Å². The first kappa shape index (κ1) is 23.2. The number of phosphoric acid groups is 1. The summed E-state index contributed by atoms with van der Waals surface area (Å²) < 4.78 is 28.1. The Labute approximate surface area is 185 Å². The van der Waals surface area contributed by atoms with E-state index in [1.54, 1.807) is 0 Å². The zero-order valence-electron chi connectivity index (χ0n) is 16.8. The molecule has 16 nitrogen and oxygen atoms in total. The Hall–Kier alpha value is -2.98. The molecule has 5 atom stereocenters.